The molecule has 0 saturated carbocycles. The molecule has 3 nitrogen and oxygen atoms in total. The Hall–Kier alpha value is -0.480. The number of nitrogens with one attached hydrogen (secondary N) is 1. The Kier molecular flexibility index (Phi) is 5.78. The maximum atomic E-state index is 12.4. The fourth-order valence-electron chi connectivity index (χ4n) is 2.55. The molecule has 1 aliphatic rings. The number of amides is 1. The Morgan fingerprint density at radius 3 is 2.48 bits per heavy atom. The van der Waals surface area contributed by atoms with Gasteiger partial charge in [-0.05, 0) is 31.9 Å². The Labute approximate surface area is 140 Å². The van der Waals surface area contributed by atoms with Gasteiger partial charge in [-0.25, -0.2) is 0 Å². The predicted molar refractivity (Wildman–Crippen MR) is 88.1 cm³/mol. The van der Waals surface area contributed by atoms with Crippen LogP contribution in [0.25, 0.3) is 0 Å². The number of piperidine rings is 1. The fraction of sp³-hybridized carbons (Fsp3) is 0.533. The van der Waals surface area contributed by atoms with Gasteiger partial charge in [-0.15, -0.1) is 0 Å². The lowest BCUT2D eigenvalue weighted by Gasteiger charge is -2.38. The Morgan fingerprint density at radius 2 is 1.90 bits per heavy atom. The highest BCUT2D eigenvalue weighted by Gasteiger charge is 2.38. The van der Waals surface area contributed by atoms with Crippen molar-refractivity contribution in [3.8, 4) is 0 Å². The molecule has 6 heteroatoms. The van der Waals surface area contributed by atoms with E-state index in [2.05, 4.69) is 5.32 Å². The summed E-state index contributed by atoms with van der Waals surface area (Å²) in [5.41, 5.74) is 1.59. The van der Waals surface area contributed by atoms with Gasteiger partial charge >= 0.3 is 0 Å². The highest BCUT2D eigenvalue weighted by Crippen LogP contribution is 2.33. The van der Waals surface area contributed by atoms with E-state index in [4.69, 9.17) is 34.8 Å². The molecule has 2 rings (SSSR count). The molecule has 116 valence electrons. The first-order chi connectivity index (χ1) is 9.88. The third-order valence-corrected chi connectivity index (χ3v) is 4.23. The molecule has 1 amide bonds. The number of carbonyl (C=O) groups excluding carboxylic acids is 1. The number of hydrogen-bond acceptors (Lipinski definition) is 2. The number of hydrogen-bond donors (Lipinski definition) is 1. The number of rotatable bonds is 3. The molecule has 21 heavy (non-hydrogen) atoms. The van der Waals surface area contributed by atoms with E-state index >= 15 is 0 Å². The molecule has 0 aliphatic carbocycles. The first-order valence-electron chi connectivity index (χ1n) is 7.06. The van der Waals surface area contributed by atoms with Gasteiger partial charge in [-0.1, -0.05) is 58.9 Å². The molecular formula is C15H19Cl3N2O. The molecule has 1 atom stereocenters. The van der Waals surface area contributed by atoms with E-state index in [9.17, 15) is 4.79 Å². The molecule has 1 heterocycles. The summed E-state index contributed by atoms with van der Waals surface area (Å²) < 4.78 is -1.56. The highest BCUT2D eigenvalue weighted by molar-refractivity contribution is 6.68. The van der Waals surface area contributed by atoms with Gasteiger partial charge in [0.15, 0.2) is 0 Å². The van der Waals surface area contributed by atoms with Crippen molar-refractivity contribution in [1.82, 2.24) is 10.2 Å². The summed E-state index contributed by atoms with van der Waals surface area (Å²) in [6.07, 6.45) is 2.67. The largest absolute Gasteiger partial charge is 0.332 e. The molecule has 1 fully saturated rings. The summed E-state index contributed by atoms with van der Waals surface area (Å²) in [6, 6.07) is 7.36. The van der Waals surface area contributed by atoms with Gasteiger partial charge in [0.05, 0.1) is 0 Å². The van der Waals surface area contributed by atoms with E-state index in [-0.39, 0.29) is 5.91 Å². The summed E-state index contributed by atoms with van der Waals surface area (Å²) in [7, 11) is 0. The Balaban J connectivity index is 2.13. The molecule has 0 unspecified atom stereocenters. The van der Waals surface area contributed by atoms with Gasteiger partial charge < -0.3 is 5.32 Å². The van der Waals surface area contributed by atoms with Crippen molar-refractivity contribution >= 4 is 40.7 Å². The average Bonchev–Trinajstić information content (AvgIpc) is 2.44. The number of likely N-dealkylation sites (tertiary alicyclic amines) is 1. The first-order valence-corrected chi connectivity index (χ1v) is 8.19. The molecule has 0 radical (unpaired) electrons. The second-order valence-corrected chi connectivity index (χ2v) is 7.75. The lowest BCUT2D eigenvalue weighted by molar-refractivity contribution is 0.0819. The summed E-state index contributed by atoms with van der Waals surface area (Å²) in [5, 5.41) is 2.86. The van der Waals surface area contributed by atoms with E-state index in [1.165, 1.54) is 6.42 Å². The zero-order valence-electron chi connectivity index (χ0n) is 11.9. The third-order valence-electron chi connectivity index (χ3n) is 3.61. The van der Waals surface area contributed by atoms with Gasteiger partial charge in [0.25, 0.3) is 5.91 Å². The molecule has 1 N–H and O–H groups in total. The van der Waals surface area contributed by atoms with Gasteiger partial charge in [0, 0.05) is 18.7 Å². The monoisotopic (exact) mass is 348 g/mol. The normalized spacial score (nSPS) is 18.3. The van der Waals surface area contributed by atoms with Crippen LogP contribution in [0.2, 0.25) is 0 Å². The smallest absolute Gasteiger partial charge is 0.252 e. The zero-order valence-corrected chi connectivity index (χ0v) is 14.2. The van der Waals surface area contributed by atoms with E-state index < -0.39 is 9.96 Å². The quantitative estimate of drug-likeness (QED) is 0.839. The Morgan fingerprint density at radius 1 is 1.24 bits per heavy atom. The fourth-order valence-corrected chi connectivity index (χ4v) is 3.13. The minimum atomic E-state index is -1.56. The summed E-state index contributed by atoms with van der Waals surface area (Å²) in [4.78, 5) is 14.4. The van der Waals surface area contributed by atoms with Gasteiger partial charge in [0.1, 0.15) is 6.17 Å². The van der Waals surface area contributed by atoms with Crippen LogP contribution in [0.1, 0.15) is 35.2 Å². The second kappa shape index (κ2) is 7.19. The van der Waals surface area contributed by atoms with Crippen LogP contribution in [-0.2, 0) is 0 Å². The van der Waals surface area contributed by atoms with Crippen LogP contribution in [0, 0.1) is 6.92 Å². The number of alkyl halides is 3. The molecule has 1 aromatic carbocycles. The number of halogens is 3. The van der Waals surface area contributed by atoms with Gasteiger partial charge in [-0.2, -0.15) is 0 Å². The van der Waals surface area contributed by atoms with Crippen LogP contribution < -0.4 is 5.32 Å². The van der Waals surface area contributed by atoms with Crippen molar-refractivity contribution < 1.29 is 4.79 Å². The first kappa shape index (κ1) is 16.9. The summed E-state index contributed by atoms with van der Waals surface area (Å²) in [6.45, 7) is 3.59. The number of carbonyl (C=O) groups is 1. The highest BCUT2D eigenvalue weighted by atomic mass is 35.6. The Bertz CT molecular complexity index is 496. The number of aryl methyl sites for hydroxylation is 1. The van der Waals surface area contributed by atoms with Crippen LogP contribution in [0.3, 0.4) is 0 Å². The van der Waals surface area contributed by atoms with Crippen molar-refractivity contribution in [2.45, 2.75) is 36.1 Å². The van der Waals surface area contributed by atoms with Gasteiger partial charge in [-0.3, -0.25) is 9.69 Å². The van der Waals surface area contributed by atoms with Crippen molar-refractivity contribution in [3.63, 3.8) is 0 Å². The van der Waals surface area contributed by atoms with Crippen LogP contribution in [-0.4, -0.2) is 33.9 Å². The maximum Gasteiger partial charge on any atom is 0.252 e. The topological polar surface area (TPSA) is 32.3 Å². The summed E-state index contributed by atoms with van der Waals surface area (Å²) in [5.74, 6) is -0.222. The van der Waals surface area contributed by atoms with E-state index in [1.54, 1.807) is 6.07 Å². The van der Waals surface area contributed by atoms with Crippen LogP contribution in [0.4, 0.5) is 0 Å². The van der Waals surface area contributed by atoms with Crippen molar-refractivity contribution in [2.24, 2.45) is 0 Å². The minimum absolute atomic E-state index is 0.222. The summed E-state index contributed by atoms with van der Waals surface area (Å²) >= 11 is 18.2. The van der Waals surface area contributed by atoms with Gasteiger partial charge in [0.2, 0.25) is 3.79 Å². The second-order valence-electron chi connectivity index (χ2n) is 5.38. The minimum Gasteiger partial charge on any atom is -0.332 e. The molecule has 0 spiro atoms. The zero-order chi connectivity index (χ0) is 15.5. The maximum absolute atomic E-state index is 12.4. The SMILES string of the molecule is Cc1cccc(C(=O)N[C@@H](N2CCCCC2)C(Cl)(Cl)Cl)c1. The lowest BCUT2D eigenvalue weighted by Crippen LogP contribution is -2.56. The molecule has 0 bridgehead atoms. The molecule has 1 saturated heterocycles. The van der Waals surface area contributed by atoms with Crippen molar-refractivity contribution in [2.75, 3.05) is 13.1 Å². The van der Waals surface area contributed by atoms with E-state index in [0.29, 0.717) is 5.56 Å². The predicted octanol–water partition coefficient (Wildman–Crippen LogP) is 3.91. The van der Waals surface area contributed by atoms with E-state index in [0.717, 1.165) is 31.5 Å². The molecular weight excluding hydrogens is 331 g/mol. The molecule has 0 aromatic heterocycles. The van der Waals surface area contributed by atoms with Crippen LogP contribution in [0.15, 0.2) is 24.3 Å². The van der Waals surface area contributed by atoms with Crippen molar-refractivity contribution in [1.29, 1.82) is 0 Å². The number of nitrogens with zero attached hydrogens (tertiary/aromatic N) is 1. The van der Waals surface area contributed by atoms with Crippen molar-refractivity contribution in [3.05, 3.63) is 35.4 Å². The third kappa shape index (κ3) is 4.75. The standard InChI is InChI=1S/C15H19Cl3N2O/c1-11-6-5-7-12(10-11)13(21)19-14(15(16,17)18)20-8-3-2-4-9-20/h5-7,10,14H,2-4,8-9H2,1H3,(H,19,21)/t14-/m0/s1. The van der Waals surface area contributed by atoms with Crippen LogP contribution in [0.5, 0.6) is 0 Å². The average molecular weight is 350 g/mol. The molecule has 1 aliphatic heterocycles. The number of benzene rings is 1. The molecule has 1 aromatic rings. The van der Waals surface area contributed by atoms with E-state index in [1.807, 2.05) is 30.0 Å². The van der Waals surface area contributed by atoms with Crippen LogP contribution >= 0.6 is 34.8 Å². The lowest BCUT2D eigenvalue weighted by atomic mass is 10.1.